The first kappa shape index (κ1) is 16.5. The molecule has 0 aromatic rings. The molecule has 0 heterocycles. The predicted octanol–water partition coefficient (Wildman–Crippen LogP) is 5.25. The van der Waals surface area contributed by atoms with E-state index in [9.17, 15) is 0 Å². The van der Waals surface area contributed by atoms with E-state index in [1.165, 1.54) is 57.8 Å². The fourth-order valence-electron chi connectivity index (χ4n) is 1.42. The standard InChI is InChI=1S/C12H24.CH4S/c1-3-5-7-9-11-12-10-8-6-4-2;1-2/h3H,1,4-12H2,2H3;2H,1H3. The minimum Gasteiger partial charge on any atom is -0.183 e. The van der Waals surface area contributed by atoms with Crippen LogP contribution >= 0.6 is 12.6 Å². The smallest absolute Gasteiger partial charge is 0.0215 e. The first-order valence-corrected chi connectivity index (χ1v) is 6.87. The molecule has 0 bridgehead atoms. The van der Waals surface area contributed by atoms with Crippen LogP contribution in [0, 0.1) is 0 Å². The van der Waals surface area contributed by atoms with Crippen molar-refractivity contribution in [3.8, 4) is 0 Å². The van der Waals surface area contributed by atoms with Gasteiger partial charge in [0.05, 0.1) is 0 Å². The van der Waals surface area contributed by atoms with E-state index in [2.05, 4.69) is 26.1 Å². The molecule has 0 aliphatic heterocycles. The fourth-order valence-corrected chi connectivity index (χ4v) is 1.42. The normalized spacial score (nSPS) is 9.07. The summed E-state index contributed by atoms with van der Waals surface area (Å²) in [5, 5.41) is 0. The van der Waals surface area contributed by atoms with Crippen LogP contribution in [0.4, 0.5) is 0 Å². The van der Waals surface area contributed by atoms with Crippen molar-refractivity contribution >= 4 is 12.6 Å². The number of rotatable bonds is 9. The first-order valence-electron chi connectivity index (χ1n) is 5.97. The summed E-state index contributed by atoms with van der Waals surface area (Å²) in [6.07, 6.45) is 16.2. The Labute approximate surface area is 96.6 Å². The van der Waals surface area contributed by atoms with Crippen LogP contribution in [0.3, 0.4) is 0 Å². The Hall–Kier alpha value is 0.0900. The lowest BCUT2D eigenvalue weighted by atomic mass is 10.1. The van der Waals surface area contributed by atoms with E-state index >= 15 is 0 Å². The Balaban J connectivity index is 0. The molecule has 0 atom stereocenters. The molecule has 0 saturated carbocycles. The summed E-state index contributed by atoms with van der Waals surface area (Å²) in [6, 6.07) is 0. The Morgan fingerprint density at radius 1 is 0.857 bits per heavy atom. The lowest BCUT2D eigenvalue weighted by Crippen LogP contribution is -1.79. The van der Waals surface area contributed by atoms with Crippen molar-refractivity contribution in [3.63, 3.8) is 0 Å². The van der Waals surface area contributed by atoms with Gasteiger partial charge < -0.3 is 0 Å². The molecule has 0 aliphatic carbocycles. The van der Waals surface area contributed by atoms with Gasteiger partial charge in [0, 0.05) is 0 Å². The number of thiol groups is 1. The average molecular weight is 216 g/mol. The minimum atomic E-state index is 1.20. The van der Waals surface area contributed by atoms with E-state index < -0.39 is 0 Å². The third-order valence-corrected chi connectivity index (χ3v) is 2.26. The summed E-state index contributed by atoms with van der Waals surface area (Å²) in [6.45, 7) is 5.99. The van der Waals surface area contributed by atoms with E-state index in [0.29, 0.717) is 0 Å². The highest BCUT2D eigenvalue weighted by atomic mass is 32.1. The number of hydrogen-bond acceptors (Lipinski definition) is 1. The highest BCUT2D eigenvalue weighted by Crippen LogP contribution is 2.09. The van der Waals surface area contributed by atoms with Gasteiger partial charge in [0.1, 0.15) is 0 Å². The average Bonchev–Trinajstić information content (AvgIpc) is 2.25. The van der Waals surface area contributed by atoms with Crippen LogP contribution in [-0.4, -0.2) is 6.26 Å². The van der Waals surface area contributed by atoms with Crippen LogP contribution in [0.5, 0.6) is 0 Å². The zero-order valence-electron chi connectivity index (χ0n) is 10.1. The summed E-state index contributed by atoms with van der Waals surface area (Å²) in [7, 11) is 0. The maximum Gasteiger partial charge on any atom is -0.0215 e. The van der Waals surface area contributed by atoms with Crippen molar-refractivity contribution in [2.75, 3.05) is 6.26 Å². The second kappa shape index (κ2) is 18.8. The zero-order valence-corrected chi connectivity index (χ0v) is 11.0. The Bertz CT molecular complexity index is 89.2. The summed E-state index contributed by atoms with van der Waals surface area (Å²) in [5.74, 6) is 0. The van der Waals surface area contributed by atoms with Crippen LogP contribution in [0.15, 0.2) is 12.7 Å². The molecule has 0 aromatic carbocycles. The van der Waals surface area contributed by atoms with Crippen molar-refractivity contribution in [2.45, 2.75) is 64.7 Å². The van der Waals surface area contributed by atoms with Crippen LogP contribution in [0.25, 0.3) is 0 Å². The third-order valence-electron chi connectivity index (χ3n) is 2.26. The van der Waals surface area contributed by atoms with Crippen molar-refractivity contribution in [1.82, 2.24) is 0 Å². The van der Waals surface area contributed by atoms with Gasteiger partial charge in [0.15, 0.2) is 0 Å². The molecular weight excluding hydrogens is 188 g/mol. The van der Waals surface area contributed by atoms with Gasteiger partial charge in [-0.3, -0.25) is 0 Å². The van der Waals surface area contributed by atoms with Crippen molar-refractivity contribution in [2.24, 2.45) is 0 Å². The second-order valence-electron chi connectivity index (χ2n) is 3.55. The van der Waals surface area contributed by atoms with E-state index in [4.69, 9.17) is 0 Å². The summed E-state index contributed by atoms with van der Waals surface area (Å²) < 4.78 is 0. The third kappa shape index (κ3) is 18.0. The molecule has 0 spiro atoms. The zero-order chi connectivity index (χ0) is 11.1. The molecule has 86 valence electrons. The van der Waals surface area contributed by atoms with Gasteiger partial charge in [0.25, 0.3) is 0 Å². The molecule has 0 amide bonds. The highest BCUT2D eigenvalue weighted by Gasteiger charge is 1.89. The predicted molar refractivity (Wildman–Crippen MR) is 72.3 cm³/mol. The number of hydrogen-bond donors (Lipinski definition) is 1. The molecule has 0 fully saturated rings. The van der Waals surface area contributed by atoms with Crippen molar-refractivity contribution in [3.05, 3.63) is 12.7 Å². The molecule has 0 aromatic heterocycles. The van der Waals surface area contributed by atoms with Gasteiger partial charge in [-0.15, -0.1) is 6.58 Å². The van der Waals surface area contributed by atoms with Gasteiger partial charge in [0.2, 0.25) is 0 Å². The van der Waals surface area contributed by atoms with Crippen LogP contribution in [0.2, 0.25) is 0 Å². The summed E-state index contributed by atoms with van der Waals surface area (Å²) in [5.41, 5.74) is 0. The number of unbranched alkanes of at least 4 members (excludes halogenated alkanes) is 8. The molecule has 0 unspecified atom stereocenters. The molecule has 0 N–H and O–H groups in total. The van der Waals surface area contributed by atoms with Crippen LogP contribution < -0.4 is 0 Å². The van der Waals surface area contributed by atoms with E-state index in [1.54, 1.807) is 6.26 Å². The first-order chi connectivity index (χ1) is 6.91. The van der Waals surface area contributed by atoms with Gasteiger partial charge in [-0.1, -0.05) is 57.9 Å². The maximum atomic E-state index is 3.72. The van der Waals surface area contributed by atoms with Gasteiger partial charge >= 0.3 is 0 Å². The lowest BCUT2D eigenvalue weighted by Gasteiger charge is -1.99. The molecule has 0 aliphatic rings. The molecule has 0 nitrogen and oxygen atoms in total. The highest BCUT2D eigenvalue weighted by molar-refractivity contribution is 7.79. The second-order valence-corrected chi connectivity index (χ2v) is 3.55. The molecule has 0 radical (unpaired) electrons. The van der Waals surface area contributed by atoms with E-state index in [1.807, 2.05) is 6.08 Å². The number of allylic oxidation sites excluding steroid dienone is 1. The Morgan fingerprint density at radius 3 is 1.71 bits per heavy atom. The van der Waals surface area contributed by atoms with E-state index in [0.717, 1.165) is 0 Å². The Kier molecular flexibility index (Phi) is 22.2. The molecular formula is C13H28S. The largest absolute Gasteiger partial charge is 0.183 e. The van der Waals surface area contributed by atoms with Gasteiger partial charge in [-0.05, 0) is 19.1 Å². The summed E-state index contributed by atoms with van der Waals surface area (Å²) in [4.78, 5) is 0. The van der Waals surface area contributed by atoms with E-state index in [-0.39, 0.29) is 0 Å². The topological polar surface area (TPSA) is 0 Å². The quantitative estimate of drug-likeness (QED) is 0.304. The van der Waals surface area contributed by atoms with Gasteiger partial charge in [-0.25, -0.2) is 0 Å². The van der Waals surface area contributed by atoms with Crippen LogP contribution in [-0.2, 0) is 0 Å². The lowest BCUT2D eigenvalue weighted by molar-refractivity contribution is 0.578. The molecule has 1 heteroatoms. The fraction of sp³-hybridized carbons (Fsp3) is 0.846. The Morgan fingerprint density at radius 2 is 1.29 bits per heavy atom. The molecule has 14 heavy (non-hydrogen) atoms. The van der Waals surface area contributed by atoms with Crippen molar-refractivity contribution < 1.29 is 0 Å². The maximum absolute atomic E-state index is 3.72. The molecule has 0 saturated heterocycles. The van der Waals surface area contributed by atoms with Crippen molar-refractivity contribution in [1.29, 1.82) is 0 Å². The summed E-state index contributed by atoms with van der Waals surface area (Å²) >= 11 is 3.53. The van der Waals surface area contributed by atoms with Gasteiger partial charge in [-0.2, -0.15) is 12.6 Å². The SMILES string of the molecule is C=CCCCCCCCCCC.CS. The monoisotopic (exact) mass is 216 g/mol. The molecule has 0 rings (SSSR count). The minimum absolute atomic E-state index is 1.20. The van der Waals surface area contributed by atoms with Crippen LogP contribution in [0.1, 0.15) is 64.7 Å².